The zero-order valence-electron chi connectivity index (χ0n) is 17.6. The van der Waals surface area contributed by atoms with Crippen LogP contribution >= 0.6 is 0 Å². The molecule has 8 heteroatoms. The maximum atomic E-state index is 13.7. The summed E-state index contributed by atoms with van der Waals surface area (Å²) in [5.41, 5.74) is 7.65. The number of rotatable bonds is 5. The number of nitrogens with zero attached hydrogens (tertiary/aromatic N) is 3. The second-order valence-electron chi connectivity index (χ2n) is 8.49. The lowest BCUT2D eigenvalue weighted by molar-refractivity contribution is -0.183. The molecule has 1 aromatic carbocycles. The molecule has 1 atom stereocenters. The Hall–Kier alpha value is -2.87. The van der Waals surface area contributed by atoms with Crippen molar-refractivity contribution in [3.63, 3.8) is 0 Å². The highest BCUT2D eigenvalue weighted by molar-refractivity contribution is 5.93. The number of amides is 2. The molecule has 31 heavy (non-hydrogen) atoms. The van der Waals surface area contributed by atoms with E-state index in [0.29, 0.717) is 18.9 Å². The van der Waals surface area contributed by atoms with Gasteiger partial charge >= 0.3 is 0 Å². The minimum Gasteiger partial charge on any atom is -0.366 e. The Morgan fingerprint density at radius 3 is 2.68 bits per heavy atom. The predicted molar refractivity (Wildman–Crippen MR) is 111 cm³/mol. The predicted octanol–water partition coefficient (Wildman–Crippen LogP) is 3.28. The van der Waals surface area contributed by atoms with Gasteiger partial charge in [0.05, 0.1) is 29.8 Å². The number of aryl methyl sites for hydroxylation is 1. The molecule has 1 aromatic heterocycles. The van der Waals surface area contributed by atoms with Crippen molar-refractivity contribution in [2.75, 3.05) is 6.61 Å². The van der Waals surface area contributed by atoms with Gasteiger partial charge in [-0.05, 0) is 62.6 Å². The molecule has 4 rings (SSSR count). The molecule has 164 valence electrons. The zero-order chi connectivity index (χ0) is 22.0. The van der Waals surface area contributed by atoms with Gasteiger partial charge in [0.15, 0.2) is 0 Å². The van der Waals surface area contributed by atoms with Gasteiger partial charge in [0.1, 0.15) is 11.9 Å². The van der Waals surface area contributed by atoms with Crippen LogP contribution in [-0.4, -0.2) is 33.5 Å². The average molecular weight is 426 g/mol. The maximum Gasteiger partial charge on any atom is 0.251 e. The molecule has 1 saturated heterocycles. The van der Waals surface area contributed by atoms with Gasteiger partial charge in [0.25, 0.3) is 5.91 Å². The van der Waals surface area contributed by atoms with Crippen molar-refractivity contribution in [2.24, 2.45) is 17.6 Å². The smallest absolute Gasteiger partial charge is 0.251 e. The normalized spacial score (nSPS) is 23.7. The van der Waals surface area contributed by atoms with Crippen molar-refractivity contribution in [1.29, 1.82) is 0 Å². The quantitative estimate of drug-likeness (QED) is 0.791. The van der Waals surface area contributed by atoms with Gasteiger partial charge in [-0.3, -0.25) is 24.4 Å². The van der Waals surface area contributed by atoms with Gasteiger partial charge in [0, 0.05) is 18.5 Å². The first kappa shape index (κ1) is 21.4. The molecule has 1 aliphatic heterocycles. The third-order valence-electron chi connectivity index (χ3n) is 6.25. The van der Waals surface area contributed by atoms with Gasteiger partial charge in [0.2, 0.25) is 5.91 Å². The Morgan fingerprint density at radius 1 is 1.19 bits per heavy atom. The van der Waals surface area contributed by atoms with Gasteiger partial charge in [-0.2, -0.15) is 0 Å². The minimum absolute atomic E-state index is 0.0158. The number of carbonyl (C=O) groups is 2. The summed E-state index contributed by atoms with van der Waals surface area (Å²) in [4.78, 5) is 38.9. The minimum atomic E-state index is -0.757. The molecular formula is C23H27FN4O3. The summed E-state index contributed by atoms with van der Waals surface area (Å²) in [5, 5.41) is 1.51. The van der Waals surface area contributed by atoms with Crippen LogP contribution in [-0.2, 0) is 16.1 Å². The fraction of sp³-hybridized carbons (Fsp3) is 0.478. The number of carbonyl (C=O) groups excluding carboxylic acids is 2. The first-order chi connectivity index (χ1) is 14.9. The second kappa shape index (κ2) is 9.09. The van der Waals surface area contributed by atoms with E-state index in [9.17, 15) is 14.0 Å². The van der Waals surface area contributed by atoms with Crippen molar-refractivity contribution in [1.82, 2.24) is 15.0 Å². The van der Waals surface area contributed by atoms with Crippen LogP contribution < -0.4 is 5.73 Å². The molecule has 0 spiro atoms. The lowest BCUT2D eigenvalue weighted by Gasteiger charge is -2.31. The van der Waals surface area contributed by atoms with Crippen molar-refractivity contribution < 1.29 is 18.8 Å². The summed E-state index contributed by atoms with van der Waals surface area (Å²) in [7, 11) is 0. The Labute approximate surface area is 180 Å². The third kappa shape index (κ3) is 4.74. The van der Waals surface area contributed by atoms with Crippen molar-refractivity contribution in [2.45, 2.75) is 51.5 Å². The Kier molecular flexibility index (Phi) is 6.27. The van der Waals surface area contributed by atoms with Crippen LogP contribution in [0.1, 0.15) is 65.5 Å². The molecule has 2 N–H and O–H groups in total. The Balaban J connectivity index is 1.36. The molecule has 2 aromatic rings. The van der Waals surface area contributed by atoms with Gasteiger partial charge < -0.3 is 5.73 Å². The number of aromatic nitrogens is 2. The highest BCUT2D eigenvalue weighted by Gasteiger charge is 2.38. The van der Waals surface area contributed by atoms with Crippen LogP contribution in [0.4, 0.5) is 4.39 Å². The van der Waals surface area contributed by atoms with Gasteiger partial charge in [-0.25, -0.2) is 9.45 Å². The number of benzene rings is 1. The molecule has 0 bridgehead atoms. The molecule has 2 heterocycles. The van der Waals surface area contributed by atoms with Crippen molar-refractivity contribution >= 4 is 11.8 Å². The van der Waals surface area contributed by atoms with E-state index in [1.807, 2.05) is 6.92 Å². The molecular weight excluding hydrogens is 399 g/mol. The molecule has 2 aliphatic rings. The standard InChI is InChI=1S/C23H27FN4O3/c1-14-12-26-13-20(27-14)21-8-9-31-28(21)23(30)17-5-2-15(3-6-17)10-16-4-7-19(24)18(11-16)22(25)29/h4,7,11-13,15,17,21H,2-3,5-6,8-10H2,1H3,(H2,25,29)/t15?,17?,21-/m0/s1. The zero-order valence-corrected chi connectivity index (χ0v) is 17.6. The lowest BCUT2D eigenvalue weighted by Crippen LogP contribution is -2.37. The largest absolute Gasteiger partial charge is 0.366 e. The van der Waals surface area contributed by atoms with Gasteiger partial charge in [-0.15, -0.1) is 0 Å². The fourth-order valence-electron chi connectivity index (χ4n) is 4.61. The highest BCUT2D eigenvalue weighted by atomic mass is 19.1. The van der Waals surface area contributed by atoms with Crippen molar-refractivity contribution in [3.05, 3.63) is 58.9 Å². The number of halogens is 1. The molecule has 0 radical (unpaired) electrons. The average Bonchev–Trinajstić information content (AvgIpc) is 3.25. The van der Waals surface area contributed by atoms with Gasteiger partial charge in [-0.1, -0.05) is 6.07 Å². The van der Waals surface area contributed by atoms with E-state index in [0.717, 1.165) is 49.1 Å². The van der Waals surface area contributed by atoms with E-state index in [1.54, 1.807) is 24.5 Å². The lowest BCUT2D eigenvalue weighted by atomic mass is 9.78. The second-order valence-corrected chi connectivity index (χ2v) is 8.49. The van der Waals surface area contributed by atoms with Crippen LogP contribution in [0.2, 0.25) is 0 Å². The topological polar surface area (TPSA) is 98.4 Å². The number of hydrogen-bond acceptors (Lipinski definition) is 5. The number of hydroxylamine groups is 2. The first-order valence-corrected chi connectivity index (χ1v) is 10.7. The number of primary amides is 1. The Bertz CT molecular complexity index is 975. The Morgan fingerprint density at radius 2 is 1.97 bits per heavy atom. The number of hydrogen-bond donors (Lipinski definition) is 1. The van der Waals surface area contributed by atoms with Crippen molar-refractivity contribution in [3.8, 4) is 0 Å². The van der Waals surface area contributed by atoms with E-state index in [4.69, 9.17) is 10.6 Å². The summed E-state index contributed by atoms with van der Waals surface area (Å²) < 4.78 is 13.7. The van der Waals surface area contributed by atoms with E-state index < -0.39 is 11.7 Å². The molecule has 1 aliphatic carbocycles. The molecule has 1 saturated carbocycles. The van der Waals surface area contributed by atoms with Crippen LogP contribution in [0.3, 0.4) is 0 Å². The SMILES string of the molecule is Cc1cncc([C@@H]2CCON2C(=O)C2CCC(Cc3ccc(F)c(C(N)=O)c3)CC2)n1. The van der Waals surface area contributed by atoms with Crippen LogP contribution in [0, 0.1) is 24.6 Å². The summed E-state index contributed by atoms with van der Waals surface area (Å²) >= 11 is 0. The molecule has 0 unspecified atom stereocenters. The molecule has 2 amide bonds. The van der Waals surface area contributed by atoms with Crippen LogP contribution in [0.5, 0.6) is 0 Å². The molecule has 7 nitrogen and oxygen atoms in total. The van der Waals surface area contributed by atoms with Crippen LogP contribution in [0.25, 0.3) is 0 Å². The summed E-state index contributed by atoms with van der Waals surface area (Å²) in [6.07, 6.45) is 8.19. The number of nitrogens with two attached hydrogens (primary N) is 1. The van der Waals surface area contributed by atoms with E-state index in [-0.39, 0.29) is 23.4 Å². The molecule has 2 fully saturated rings. The van der Waals surface area contributed by atoms with E-state index in [1.165, 1.54) is 11.1 Å². The van der Waals surface area contributed by atoms with Crippen LogP contribution in [0.15, 0.2) is 30.6 Å². The van der Waals surface area contributed by atoms with E-state index >= 15 is 0 Å². The highest BCUT2D eigenvalue weighted by Crippen LogP contribution is 2.36. The summed E-state index contributed by atoms with van der Waals surface area (Å²) in [5.74, 6) is -1.03. The fourth-order valence-corrected chi connectivity index (χ4v) is 4.61. The monoisotopic (exact) mass is 426 g/mol. The maximum absolute atomic E-state index is 13.7. The summed E-state index contributed by atoms with van der Waals surface area (Å²) in [6.45, 7) is 2.38. The first-order valence-electron chi connectivity index (χ1n) is 10.7. The summed E-state index contributed by atoms with van der Waals surface area (Å²) in [6, 6.07) is 4.35. The third-order valence-corrected chi connectivity index (χ3v) is 6.25. The van der Waals surface area contributed by atoms with E-state index in [2.05, 4.69) is 9.97 Å².